The first-order valence-corrected chi connectivity index (χ1v) is 8.07. The molecule has 1 aromatic rings. The van der Waals surface area contributed by atoms with Crippen molar-refractivity contribution < 1.29 is 33.0 Å². The summed E-state index contributed by atoms with van der Waals surface area (Å²) in [6.07, 6.45) is 0.207. The molecular formula is C17H22F2N2O5. The summed E-state index contributed by atoms with van der Waals surface area (Å²) in [6, 6.07) is 1.85. The van der Waals surface area contributed by atoms with Crippen LogP contribution in [0.1, 0.15) is 26.7 Å². The molecule has 0 fully saturated rings. The molecule has 0 aliphatic heterocycles. The Kier molecular flexibility index (Phi) is 8.47. The second kappa shape index (κ2) is 10.3. The Morgan fingerprint density at radius 2 is 2.00 bits per heavy atom. The largest absolute Gasteiger partial charge is 0.491 e. The fourth-order valence-corrected chi connectivity index (χ4v) is 2.16. The lowest BCUT2D eigenvalue weighted by Crippen LogP contribution is -2.46. The Hall–Kier alpha value is -2.71. The summed E-state index contributed by atoms with van der Waals surface area (Å²) < 4.78 is 31.4. The maximum absolute atomic E-state index is 13.4. The minimum atomic E-state index is -1.16. The van der Waals surface area contributed by atoms with Crippen molar-refractivity contribution in [3.8, 4) is 5.75 Å². The summed E-state index contributed by atoms with van der Waals surface area (Å²) in [4.78, 5) is 35.4. The molecule has 144 valence electrons. The van der Waals surface area contributed by atoms with Crippen molar-refractivity contribution in [1.82, 2.24) is 10.2 Å². The van der Waals surface area contributed by atoms with Crippen LogP contribution in [0.3, 0.4) is 0 Å². The third-order valence-electron chi connectivity index (χ3n) is 3.56. The number of carbonyl (C=O) groups excluding carboxylic acids is 2. The van der Waals surface area contributed by atoms with Gasteiger partial charge in [-0.25, -0.2) is 13.6 Å². The Bertz CT molecular complexity index is 654. The SMILES string of the molecule is CC(=O)NCCN(C(=O)CCCOc1ccc(F)cc1F)C(C)C(=O)O. The molecule has 0 aromatic heterocycles. The van der Waals surface area contributed by atoms with Crippen molar-refractivity contribution in [2.45, 2.75) is 32.7 Å². The van der Waals surface area contributed by atoms with Gasteiger partial charge >= 0.3 is 5.97 Å². The van der Waals surface area contributed by atoms with Crippen LogP contribution in [0.25, 0.3) is 0 Å². The zero-order chi connectivity index (χ0) is 19.7. The average Bonchev–Trinajstić information content (AvgIpc) is 2.56. The summed E-state index contributed by atoms with van der Waals surface area (Å²) >= 11 is 0. The molecule has 2 N–H and O–H groups in total. The second-order valence-electron chi connectivity index (χ2n) is 5.61. The zero-order valence-corrected chi connectivity index (χ0v) is 14.6. The molecule has 1 unspecified atom stereocenters. The van der Waals surface area contributed by atoms with Gasteiger partial charge in [0.05, 0.1) is 6.61 Å². The van der Waals surface area contributed by atoms with E-state index >= 15 is 0 Å². The Labute approximate surface area is 149 Å². The van der Waals surface area contributed by atoms with E-state index in [-0.39, 0.29) is 44.2 Å². The van der Waals surface area contributed by atoms with Gasteiger partial charge in [0.1, 0.15) is 11.9 Å². The molecule has 2 amide bonds. The summed E-state index contributed by atoms with van der Waals surface area (Å²) in [5.41, 5.74) is 0. The first-order valence-electron chi connectivity index (χ1n) is 8.07. The number of carboxylic acid groups (broad SMARTS) is 1. The lowest BCUT2D eigenvalue weighted by Gasteiger charge is -2.26. The van der Waals surface area contributed by atoms with Crippen LogP contribution in [0.2, 0.25) is 0 Å². The molecule has 0 heterocycles. The molecule has 0 aliphatic rings. The fourth-order valence-electron chi connectivity index (χ4n) is 2.16. The molecular weight excluding hydrogens is 350 g/mol. The minimum Gasteiger partial charge on any atom is -0.491 e. The van der Waals surface area contributed by atoms with Crippen LogP contribution in [-0.4, -0.2) is 53.5 Å². The minimum absolute atomic E-state index is 0.00921. The standard InChI is InChI=1S/C17H22F2N2O5/c1-11(17(24)25)21(8-7-20-12(2)22)16(23)4-3-9-26-15-6-5-13(18)10-14(15)19/h5-6,10-11H,3-4,7-9H2,1-2H3,(H,20,22)(H,24,25). The third-order valence-corrected chi connectivity index (χ3v) is 3.56. The third kappa shape index (κ3) is 7.04. The van der Waals surface area contributed by atoms with E-state index in [1.165, 1.54) is 13.8 Å². The van der Waals surface area contributed by atoms with Crippen LogP contribution >= 0.6 is 0 Å². The van der Waals surface area contributed by atoms with Gasteiger partial charge in [0.2, 0.25) is 11.8 Å². The first-order chi connectivity index (χ1) is 12.2. The number of hydrogen-bond acceptors (Lipinski definition) is 4. The summed E-state index contributed by atoms with van der Waals surface area (Å²) in [7, 11) is 0. The van der Waals surface area contributed by atoms with E-state index < -0.39 is 29.6 Å². The van der Waals surface area contributed by atoms with Gasteiger partial charge in [-0.3, -0.25) is 9.59 Å². The monoisotopic (exact) mass is 372 g/mol. The van der Waals surface area contributed by atoms with E-state index in [4.69, 9.17) is 9.84 Å². The Balaban J connectivity index is 2.51. The molecule has 7 nitrogen and oxygen atoms in total. The normalized spacial score (nSPS) is 11.5. The average molecular weight is 372 g/mol. The van der Waals surface area contributed by atoms with E-state index in [0.717, 1.165) is 17.0 Å². The van der Waals surface area contributed by atoms with E-state index in [1.807, 2.05) is 0 Å². The van der Waals surface area contributed by atoms with Gasteiger partial charge in [0, 0.05) is 32.5 Å². The number of nitrogens with one attached hydrogen (secondary N) is 1. The lowest BCUT2D eigenvalue weighted by molar-refractivity contribution is -0.149. The number of hydrogen-bond donors (Lipinski definition) is 2. The van der Waals surface area contributed by atoms with Crippen molar-refractivity contribution in [2.24, 2.45) is 0 Å². The highest BCUT2D eigenvalue weighted by Gasteiger charge is 2.24. The number of nitrogens with zero attached hydrogens (tertiary/aromatic N) is 1. The van der Waals surface area contributed by atoms with Crippen LogP contribution in [0.15, 0.2) is 18.2 Å². The van der Waals surface area contributed by atoms with E-state index in [2.05, 4.69) is 5.32 Å². The molecule has 0 bridgehead atoms. The Morgan fingerprint density at radius 3 is 2.58 bits per heavy atom. The van der Waals surface area contributed by atoms with Crippen molar-refractivity contribution >= 4 is 17.8 Å². The first kappa shape index (κ1) is 21.3. The van der Waals surface area contributed by atoms with Crippen LogP contribution < -0.4 is 10.1 Å². The summed E-state index contributed by atoms with van der Waals surface area (Å²) in [5, 5.41) is 11.6. The number of aliphatic carboxylic acids is 1. The number of halogens is 2. The number of amides is 2. The quantitative estimate of drug-likeness (QED) is 0.608. The molecule has 0 saturated heterocycles. The smallest absolute Gasteiger partial charge is 0.326 e. The molecule has 1 atom stereocenters. The zero-order valence-electron chi connectivity index (χ0n) is 14.6. The molecule has 0 saturated carbocycles. The fraction of sp³-hybridized carbons (Fsp3) is 0.471. The molecule has 1 rings (SSSR count). The molecule has 26 heavy (non-hydrogen) atoms. The summed E-state index contributed by atoms with van der Waals surface area (Å²) in [6.45, 7) is 2.89. The van der Waals surface area contributed by atoms with Crippen LogP contribution in [0, 0.1) is 11.6 Å². The van der Waals surface area contributed by atoms with Crippen LogP contribution in [-0.2, 0) is 14.4 Å². The number of carboxylic acids is 1. The van der Waals surface area contributed by atoms with Gasteiger partial charge in [-0.05, 0) is 25.5 Å². The molecule has 0 aliphatic carbocycles. The van der Waals surface area contributed by atoms with Gasteiger partial charge in [0.25, 0.3) is 0 Å². The topological polar surface area (TPSA) is 95.9 Å². The molecule has 0 spiro atoms. The van der Waals surface area contributed by atoms with Crippen LogP contribution in [0.5, 0.6) is 5.75 Å². The van der Waals surface area contributed by atoms with E-state index in [0.29, 0.717) is 6.07 Å². The highest BCUT2D eigenvalue weighted by molar-refractivity contribution is 5.83. The van der Waals surface area contributed by atoms with Crippen molar-refractivity contribution in [3.05, 3.63) is 29.8 Å². The Morgan fingerprint density at radius 1 is 1.31 bits per heavy atom. The number of benzene rings is 1. The highest BCUT2D eigenvalue weighted by atomic mass is 19.1. The van der Waals surface area contributed by atoms with E-state index in [9.17, 15) is 23.2 Å². The predicted octanol–water partition coefficient (Wildman–Crippen LogP) is 1.56. The van der Waals surface area contributed by atoms with Crippen LogP contribution in [0.4, 0.5) is 8.78 Å². The predicted molar refractivity (Wildman–Crippen MR) is 88.6 cm³/mol. The lowest BCUT2D eigenvalue weighted by atomic mass is 10.2. The van der Waals surface area contributed by atoms with E-state index in [1.54, 1.807) is 0 Å². The number of rotatable bonds is 10. The van der Waals surface area contributed by atoms with Gasteiger partial charge in [0.15, 0.2) is 11.6 Å². The maximum Gasteiger partial charge on any atom is 0.326 e. The highest BCUT2D eigenvalue weighted by Crippen LogP contribution is 2.18. The van der Waals surface area contributed by atoms with Gasteiger partial charge in [-0.2, -0.15) is 0 Å². The van der Waals surface area contributed by atoms with Crippen molar-refractivity contribution in [1.29, 1.82) is 0 Å². The molecule has 0 radical (unpaired) electrons. The maximum atomic E-state index is 13.4. The molecule has 9 heteroatoms. The van der Waals surface area contributed by atoms with Crippen molar-refractivity contribution in [3.63, 3.8) is 0 Å². The summed E-state index contributed by atoms with van der Waals surface area (Å²) in [5.74, 6) is -3.55. The van der Waals surface area contributed by atoms with Crippen molar-refractivity contribution in [2.75, 3.05) is 19.7 Å². The van der Waals surface area contributed by atoms with Gasteiger partial charge in [-0.15, -0.1) is 0 Å². The molecule has 1 aromatic carbocycles. The van der Waals surface area contributed by atoms with Gasteiger partial charge in [-0.1, -0.05) is 0 Å². The van der Waals surface area contributed by atoms with Gasteiger partial charge < -0.3 is 20.1 Å². The number of carbonyl (C=O) groups is 3. The number of ether oxygens (including phenoxy) is 1. The second-order valence-corrected chi connectivity index (χ2v) is 5.61.